The van der Waals surface area contributed by atoms with Gasteiger partial charge in [-0.05, 0) is 61.2 Å². The largest absolute Gasteiger partial charge is 0.481 e. The number of rotatable bonds is 3. The van der Waals surface area contributed by atoms with Gasteiger partial charge in [-0.15, -0.1) is 0 Å². The summed E-state index contributed by atoms with van der Waals surface area (Å²) in [5.74, 6) is 0.952. The SMILES string of the molecule is CCC12CC3CC(C1)CC(C(C)C(=O)O)(C3)C2. The maximum atomic E-state index is 11.4. The molecule has 3 atom stereocenters. The topological polar surface area (TPSA) is 37.3 Å². The average Bonchev–Trinajstić information content (AvgIpc) is 2.26. The summed E-state index contributed by atoms with van der Waals surface area (Å²) in [6.45, 7) is 4.27. The summed E-state index contributed by atoms with van der Waals surface area (Å²) < 4.78 is 0. The maximum Gasteiger partial charge on any atom is 0.306 e. The van der Waals surface area contributed by atoms with Crippen LogP contribution in [-0.2, 0) is 4.79 Å². The first kappa shape index (κ1) is 11.6. The molecule has 1 N–H and O–H groups in total. The fourth-order valence-electron chi connectivity index (χ4n) is 5.71. The van der Waals surface area contributed by atoms with Gasteiger partial charge in [0.15, 0.2) is 0 Å². The fourth-order valence-corrected chi connectivity index (χ4v) is 5.71. The maximum absolute atomic E-state index is 11.4. The zero-order valence-electron chi connectivity index (χ0n) is 11.0. The lowest BCUT2D eigenvalue weighted by atomic mass is 9.41. The van der Waals surface area contributed by atoms with E-state index in [2.05, 4.69) is 6.92 Å². The van der Waals surface area contributed by atoms with Gasteiger partial charge in [-0.25, -0.2) is 0 Å². The second kappa shape index (κ2) is 3.49. The van der Waals surface area contributed by atoms with E-state index in [9.17, 15) is 9.90 Å². The van der Waals surface area contributed by atoms with E-state index in [1.54, 1.807) is 0 Å². The van der Waals surface area contributed by atoms with Crippen molar-refractivity contribution in [2.24, 2.45) is 28.6 Å². The van der Waals surface area contributed by atoms with Crippen molar-refractivity contribution in [3.8, 4) is 0 Å². The second-order valence-corrected chi connectivity index (χ2v) is 7.24. The summed E-state index contributed by atoms with van der Waals surface area (Å²) in [6, 6.07) is 0. The van der Waals surface area contributed by atoms with Crippen LogP contribution in [0.3, 0.4) is 0 Å². The van der Waals surface area contributed by atoms with E-state index >= 15 is 0 Å². The van der Waals surface area contributed by atoms with Crippen molar-refractivity contribution in [1.29, 1.82) is 0 Å². The highest BCUT2D eigenvalue weighted by atomic mass is 16.4. The van der Waals surface area contributed by atoms with Crippen molar-refractivity contribution < 1.29 is 9.90 Å². The zero-order valence-corrected chi connectivity index (χ0v) is 11.0. The number of hydrogen-bond acceptors (Lipinski definition) is 1. The minimum Gasteiger partial charge on any atom is -0.481 e. The van der Waals surface area contributed by atoms with E-state index in [0.29, 0.717) is 5.41 Å². The molecule has 0 aromatic rings. The van der Waals surface area contributed by atoms with Gasteiger partial charge in [0.25, 0.3) is 0 Å². The Labute approximate surface area is 104 Å². The normalized spacial score (nSPS) is 49.3. The molecule has 3 unspecified atom stereocenters. The second-order valence-electron chi connectivity index (χ2n) is 7.24. The number of carbonyl (C=O) groups is 1. The molecule has 0 spiro atoms. The fraction of sp³-hybridized carbons (Fsp3) is 0.933. The van der Waals surface area contributed by atoms with Crippen LogP contribution in [0.2, 0.25) is 0 Å². The lowest BCUT2D eigenvalue weighted by Crippen LogP contribution is -2.55. The summed E-state index contributed by atoms with van der Waals surface area (Å²) >= 11 is 0. The minimum absolute atomic E-state index is 0.140. The molecule has 2 heteroatoms. The van der Waals surface area contributed by atoms with Gasteiger partial charge in [0, 0.05) is 0 Å². The molecule has 4 bridgehead atoms. The molecule has 96 valence electrons. The van der Waals surface area contributed by atoms with Crippen LogP contribution in [0.4, 0.5) is 0 Å². The van der Waals surface area contributed by atoms with Crippen LogP contribution in [0, 0.1) is 28.6 Å². The van der Waals surface area contributed by atoms with Crippen molar-refractivity contribution in [1.82, 2.24) is 0 Å². The molecule has 0 aliphatic heterocycles. The molecule has 0 saturated heterocycles. The highest BCUT2D eigenvalue weighted by Crippen LogP contribution is 2.68. The van der Waals surface area contributed by atoms with Gasteiger partial charge >= 0.3 is 5.97 Å². The summed E-state index contributed by atoms with van der Waals surface area (Å²) in [6.07, 6.45) is 8.99. The van der Waals surface area contributed by atoms with E-state index in [0.717, 1.165) is 11.8 Å². The quantitative estimate of drug-likeness (QED) is 0.811. The van der Waals surface area contributed by atoms with E-state index in [4.69, 9.17) is 0 Å². The molecule has 0 radical (unpaired) electrons. The van der Waals surface area contributed by atoms with Crippen LogP contribution >= 0.6 is 0 Å². The van der Waals surface area contributed by atoms with E-state index in [-0.39, 0.29) is 11.3 Å². The Kier molecular flexibility index (Phi) is 2.37. The number of hydrogen-bond donors (Lipinski definition) is 1. The first-order chi connectivity index (χ1) is 7.99. The van der Waals surface area contributed by atoms with Gasteiger partial charge in [-0.2, -0.15) is 0 Å². The van der Waals surface area contributed by atoms with Crippen LogP contribution in [0.5, 0.6) is 0 Å². The smallest absolute Gasteiger partial charge is 0.306 e. The summed E-state index contributed by atoms with van der Waals surface area (Å²) in [4.78, 5) is 11.4. The van der Waals surface area contributed by atoms with Gasteiger partial charge < -0.3 is 5.11 Å². The Morgan fingerprint density at radius 1 is 1.29 bits per heavy atom. The van der Waals surface area contributed by atoms with Crippen molar-refractivity contribution in [3.05, 3.63) is 0 Å². The van der Waals surface area contributed by atoms with E-state index in [1.165, 1.54) is 44.9 Å². The Morgan fingerprint density at radius 2 is 1.88 bits per heavy atom. The average molecular weight is 236 g/mol. The first-order valence-corrected chi connectivity index (χ1v) is 7.21. The van der Waals surface area contributed by atoms with Crippen LogP contribution in [0.15, 0.2) is 0 Å². The molecule has 4 saturated carbocycles. The van der Waals surface area contributed by atoms with Gasteiger partial charge in [0.2, 0.25) is 0 Å². The Morgan fingerprint density at radius 3 is 2.35 bits per heavy atom. The van der Waals surface area contributed by atoms with Gasteiger partial charge in [-0.3, -0.25) is 4.79 Å². The molecule has 0 aromatic carbocycles. The molecular weight excluding hydrogens is 212 g/mol. The van der Waals surface area contributed by atoms with Crippen LogP contribution in [0.25, 0.3) is 0 Å². The van der Waals surface area contributed by atoms with Gasteiger partial charge in [-0.1, -0.05) is 20.3 Å². The molecule has 0 aromatic heterocycles. The molecular formula is C15H24O2. The third-order valence-corrected chi connectivity index (χ3v) is 6.27. The van der Waals surface area contributed by atoms with Gasteiger partial charge in [0.1, 0.15) is 0 Å². The first-order valence-electron chi connectivity index (χ1n) is 7.21. The molecule has 4 aliphatic rings. The molecule has 0 heterocycles. The highest BCUT2D eigenvalue weighted by molar-refractivity contribution is 5.70. The monoisotopic (exact) mass is 236 g/mol. The van der Waals surface area contributed by atoms with Crippen LogP contribution in [-0.4, -0.2) is 11.1 Å². The van der Waals surface area contributed by atoms with Gasteiger partial charge in [0.05, 0.1) is 5.92 Å². The number of aliphatic carboxylic acids is 1. The lowest BCUT2D eigenvalue weighted by molar-refractivity contribution is -0.166. The predicted molar refractivity (Wildman–Crippen MR) is 66.6 cm³/mol. The van der Waals surface area contributed by atoms with Crippen LogP contribution in [0.1, 0.15) is 58.8 Å². The molecule has 17 heavy (non-hydrogen) atoms. The number of carboxylic acids is 1. The Bertz CT molecular complexity index is 333. The van der Waals surface area contributed by atoms with Crippen molar-refractivity contribution in [2.75, 3.05) is 0 Å². The van der Waals surface area contributed by atoms with Crippen LogP contribution < -0.4 is 0 Å². The third-order valence-electron chi connectivity index (χ3n) is 6.27. The highest BCUT2D eigenvalue weighted by Gasteiger charge is 2.59. The zero-order chi connectivity index (χ0) is 12.3. The lowest BCUT2D eigenvalue weighted by Gasteiger charge is -2.63. The molecule has 4 aliphatic carbocycles. The molecule has 4 rings (SSSR count). The summed E-state index contributed by atoms with van der Waals surface area (Å²) in [7, 11) is 0. The van der Waals surface area contributed by atoms with Crippen molar-refractivity contribution in [2.45, 2.75) is 58.8 Å². The number of carboxylic acid groups (broad SMARTS) is 1. The van der Waals surface area contributed by atoms with E-state index < -0.39 is 5.97 Å². The molecule has 0 amide bonds. The Balaban J connectivity index is 1.94. The van der Waals surface area contributed by atoms with Crippen molar-refractivity contribution in [3.63, 3.8) is 0 Å². The minimum atomic E-state index is -0.571. The standard InChI is InChI=1S/C15H24O2/c1-3-14-5-11-4-12(6-14)8-15(7-11,9-14)10(2)13(16)17/h10-12H,3-9H2,1-2H3,(H,16,17). The third kappa shape index (κ3) is 1.56. The van der Waals surface area contributed by atoms with Crippen molar-refractivity contribution >= 4 is 5.97 Å². The summed E-state index contributed by atoms with van der Waals surface area (Å²) in [5.41, 5.74) is 0.653. The van der Waals surface area contributed by atoms with E-state index in [1.807, 2.05) is 6.92 Å². The summed E-state index contributed by atoms with van der Waals surface area (Å²) in [5, 5.41) is 9.40. The molecule has 4 fully saturated rings. The predicted octanol–water partition coefficient (Wildman–Crippen LogP) is 3.70. The Hall–Kier alpha value is -0.530. The molecule has 2 nitrogen and oxygen atoms in total.